The zero-order chi connectivity index (χ0) is 14.5. The molecule has 1 aromatic heterocycles. The number of carbonyl (C=O) groups is 1. The molecular formula is C11H9BrN4O4. The second kappa shape index (κ2) is 6.24. The minimum atomic E-state index is -0.690. The molecule has 0 aliphatic carbocycles. The summed E-state index contributed by atoms with van der Waals surface area (Å²) in [7, 11) is 0. The van der Waals surface area contributed by atoms with Crippen molar-refractivity contribution in [3.05, 3.63) is 50.7 Å². The topological polar surface area (TPSA) is 100 Å². The summed E-state index contributed by atoms with van der Waals surface area (Å²) in [5.41, 5.74) is 0.428. The highest BCUT2D eigenvalue weighted by Gasteiger charge is 2.13. The summed E-state index contributed by atoms with van der Waals surface area (Å²) >= 11 is 3.27. The van der Waals surface area contributed by atoms with E-state index in [4.69, 9.17) is 4.74 Å². The predicted molar refractivity (Wildman–Crippen MR) is 71.1 cm³/mol. The van der Waals surface area contributed by atoms with Gasteiger partial charge in [-0.3, -0.25) is 0 Å². The average molecular weight is 341 g/mol. The van der Waals surface area contributed by atoms with Gasteiger partial charge < -0.3 is 14.9 Å². The summed E-state index contributed by atoms with van der Waals surface area (Å²) in [4.78, 5) is 24.9. The lowest BCUT2D eigenvalue weighted by Gasteiger charge is -2.03. The molecule has 20 heavy (non-hydrogen) atoms. The van der Waals surface area contributed by atoms with E-state index in [1.807, 2.05) is 0 Å². The Morgan fingerprint density at radius 1 is 1.40 bits per heavy atom. The molecule has 0 aliphatic rings. The van der Waals surface area contributed by atoms with E-state index in [1.54, 1.807) is 24.3 Å². The van der Waals surface area contributed by atoms with Crippen molar-refractivity contribution in [1.29, 1.82) is 0 Å². The average Bonchev–Trinajstić information content (AvgIpc) is 2.88. The summed E-state index contributed by atoms with van der Waals surface area (Å²) in [6, 6.07) is 6.73. The number of carbonyl (C=O) groups excluding carboxylic acids is 1. The van der Waals surface area contributed by atoms with Gasteiger partial charge in [0.15, 0.2) is 0 Å². The van der Waals surface area contributed by atoms with Crippen LogP contribution in [-0.4, -0.2) is 32.3 Å². The van der Waals surface area contributed by atoms with Crippen molar-refractivity contribution in [1.82, 2.24) is 14.8 Å². The largest absolute Gasteiger partial charge is 0.490 e. The number of aromatic nitrogens is 3. The SMILES string of the molecule is O=C(OCCn1cnc([N+](=O)[O-])n1)c1ccc(Br)cc1. The van der Waals surface area contributed by atoms with Crippen molar-refractivity contribution in [3.8, 4) is 0 Å². The van der Waals surface area contributed by atoms with Crippen molar-refractivity contribution in [2.24, 2.45) is 0 Å². The Balaban J connectivity index is 1.84. The van der Waals surface area contributed by atoms with Gasteiger partial charge in [-0.05, 0) is 29.2 Å². The molecular weight excluding hydrogens is 332 g/mol. The van der Waals surface area contributed by atoms with Gasteiger partial charge in [0.25, 0.3) is 0 Å². The van der Waals surface area contributed by atoms with Gasteiger partial charge in [0.05, 0.1) is 12.1 Å². The molecule has 0 aliphatic heterocycles. The van der Waals surface area contributed by atoms with E-state index in [0.29, 0.717) is 5.56 Å². The minimum Gasteiger partial charge on any atom is -0.460 e. The van der Waals surface area contributed by atoms with Crippen LogP contribution >= 0.6 is 15.9 Å². The molecule has 2 rings (SSSR count). The first kappa shape index (κ1) is 14.1. The molecule has 0 radical (unpaired) electrons. The van der Waals surface area contributed by atoms with Crippen LogP contribution in [0, 0.1) is 10.1 Å². The molecule has 0 amide bonds. The molecule has 0 unspecified atom stereocenters. The number of halogens is 1. The van der Waals surface area contributed by atoms with Gasteiger partial charge >= 0.3 is 11.9 Å². The molecule has 0 saturated carbocycles. The molecule has 1 heterocycles. The highest BCUT2D eigenvalue weighted by atomic mass is 79.9. The Bertz CT molecular complexity index is 626. The molecule has 8 nitrogen and oxygen atoms in total. The van der Waals surface area contributed by atoms with Gasteiger partial charge in [-0.1, -0.05) is 20.9 Å². The van der Waals surface area contributed by atoms with Gasteiger partial charge in [-0.15, -0.1) is 0 Å². The van der Waals surface area contributed by atoms with E-state index in [1.165, 1.54) is 11.0 Å². The molecule has 0 atom stereocenters. The molecule has 2 aromatic rings. The third kappa shape index (κ3) is 3.60. The van der Waals surface area contributed by atoms with E-state index in [0.717, 1.165) is 4.47 Å². The molecule has 0 fully saturated rings. The molecule has 1 aromatic carbocycles. The zero-order valence-electron chi connectivity index (χ0n) is 10.1. The number of nitrogens with zero attached hydrogens (tertiary/aromatic N) is 4. The smallest absolute Gasteiger partial charge is 0.460 e. The highest BCUT2D eigenvalue weighted by molar-refractivity contribution is 9.10. The third-order valence-electron chi connectivity index (χ3n) is 2.32. The second-order valence-electron chi connectivity index (χ2n) is 3.71. The molecule has 0 bridgehead atoms. The Hall–Kier alpha value is -2.29. The fourth-order valence-electron chi connectivity index (χ4n) is 1.38. The van der Waals surface area contributed by atoms with Gasteiger partial charge in [-0.25, -0.2) is 4.79 Å². The first-order valence-electron chi connectivity index (χ1n) is 5.53. The number of nitro groups is 1. The van der Waals surface area contributed by atoms with E-state index in [9.17, 15) is 14.9 Å². The lowest BCUT2D eigenvalue weighted by atomic mass is 10.2. The maximum Gasteiger partial charge on any atom is 0.490 e. The monoisotopic (exact) mass is 340 g/mol. The van der Waals surface area contributed by atoms with Crippen LogP contribution in [0.25, 0.3) is 0 Å². The van der Waals surface area contributed by atoms with Crippen LogP contribution in [-0.2, 0) is 11.3 Å². The van der Waals surface area contributed by atoms with Crippen molar-refractivity contribution >= 4 is 27.8 Å². The number of ether oxygens (including phenoxy) is 1. The third-order valence-corrected chi connectivity index (χ3v) is 2.85. The number of hydrogen-bond donors (Lipinski definition) is 0. The summed E-state index contributed by atoms with van der Waals surface area (Å²) < 4.78 is 7.14. The quantitative estimate of drug-likeness (QED) is 0.467. The van der Waals surface area contributed by atoms with Crippen molar-refractivity contribution in [2.45, 2.75) is 6.54 Å². The van der Waals surface area contributed by atoms with Crippen molar-refractivity contribution in [3.63, 3.8) is 0 Å². The summed E-state index contributed by atoms with van der Waals surface area (Å²) in [5, 5.41) is 14.0. The second-order valence-corrected chi connectivity index (χ2v) is 4.62. The van der Waals surface area contributed by atoms with E-state index < -0.39 is 16.8 Å². The summed E-state index contributed by atoms with van der Waals surface area (Å²) in [6.07, 6.45) is 1.21. The van der Waals surface area contributed by atoms with Crippen LogP contribution in [0.5, 0.6) is 0 Å². The van der Waals surface area contributed by atoms with Crippen LogP contribution in [0.3, 0.4) is 0 Å². The summed E-state index contributed by atoms with van der Waals surface area (Å²) in [5.74, 6) is -0.948. The molecule has 104 valence electrons. The molecule has 0 saturated heterocycles. The Morgan fingerprint density at radius 2 is 2.10 bits per heavy atom. The fourth-order valence-corrected chi connectivity index (χ4v) is 1.64. The first-order valence-corrected chi connectivity index (χ1v) is 6.32. The summed E-state index contributed by atoms with van der Waals surface area (Å²) in [6.45, 7) is 0.249. The van der Waals surface area contributed by atoms with Crippen molar-refractivity contribution in [2.75, 3.05) is 6.61 Å². The number of rotatable bonds is 5. The number of hydrogen-bond acceptors (Lipinski definition) is 6. The van der Waals surface area contributed by atoms with Crippen LogP contribution in [0.1, 0.15) is 10.4 Å². The van der Waals surface area contributed by atoms with Crippen LogP contribution < -0.4 is 0 Å². The maximum absolute atomic E-state index is 11.7. The highest BCUT2D eigenvalue weighted by Crippen LogP contribution is 2.11. The lowest BCUT2D eigenvalue weighted by Crippen LogP contribution is -2.12. The number of esters is 1. The zero-order valence-corrected chi connectivity index (χ0v) is 11.7. The van der Waals surface area contributed by atoms with Crippen molar-refractivity contribution < 1.29 is 14.5 Å². The van der Waals surface area contributed by atoms with Crippen LogP contribution in [0.2, 0.25) is 0 Å². The first-order chi connectivity index (χ1) is 9.56. The Kier molecular flexibility index (Phi) is 4.41. The van der Waals surface area contributed by atoms with Gasteiger partial charge in [0, 0.05) is 9.57 Å². The molecule has 0 N–H and O–H groups in total. The lowest BCUT2D eigenvalue weighted by molar-refractivity contribution is -0.394. The van der Waals surface area contributed by atoms with Gasteiger partial charge in [0.1, 0.15) is 6.61 Å². The van der Waals surface area contributed by atoms with E-state index in [-0.39, 0.29) is 13.2 Å². The molecule has 0 spiro atoms. The van der Waals surface area contributed by atoms with Crippen LogP contribution in [0.4, 0.5) is 5.95 Å². The van der Waals surface area contributed by atoms with E-state index >= 15 is 0 Å². The standard InChI is InChI=1S/C11H9BrN4O4/c12-9-3-1-8(2-4-9)10(17)20-6-5-15-7-13-11(14-15)16(18)19/h1-4,7H,5-6H2. The Labute approximate surface area is 121 Å². The minimum absolute atomic E-state index is 0.0510. The predicted octanol–water partition coefficient (Wildman–Crippen LogP) is 1.81. The van der Waals surface area contributed by atoms with Gasteiger partial charge in [0.2, 0.25) is 6.33 Å². The fraction of sp³-hybridized carbons (Fsp3) is 0.182. The Morgan fingerprint density at radius 3 is 2.70 bits per heavy atom. The molecule has 9 heteroatoms. The maximum atomic E-state index is 11.7. The van der Waals surface area contributed by atoms with Crippen LogP contribution in [0.15, 0.2) is 35.1 Å². The normalized spacial score (nSPS) is 10.2. The van der Waals surface area contributed by atoms with E-state index in [2.05, 4.69) is 26.0 Å². The number of benzene rings is 1. The van der Waals surface area contributed by atoms with Gasteiger partial charge in [-0.2, -0.15) is 4.68 Å².